The van der Waals surface area contributed by atoms with Crippen molar-refractivity contribution in [3.63, 3.8) is 0 Å². The summed E-state index contributed by atoms with van der Waals surface area (Å²) in [5.41, 5.74) is 2.77. The van der Waals surface area contributed by atoms with Crippen LogP contribution in [0.2, 0.25) is 0 Å². The fraction of sp³-hybridized carbons (Fsp3) is 0.167. The Bertz CT molecular complexity index is 1090. The molecular formula is C24H22N2O3. The van der Waals surface area contributed by atoms with Gasteiger partial charge in [0.2, 0.25) is 0 Å². The molecule has 5 nitrogen and oxygen atoms in total. The maximum Gasteiger partial charge on any atom is 0.189 e. The van der Waals surface area contributed by atoms with E-state index in [1.807, 2.05) is 61.0 Å². The number of nitrogens with zero attached hydrogens (tertiary/aromatic N) is 2. The first-order valence-electron chi connectivity index (χ1n) is 9.37. The van der Waals surface area contributed by atoms with Crippen molar-refractivity contribution in [1.82, 2.24) is 9.55 Å². The van der Waals surface area contributed by atoms with Gasteiger partial charge in [0.05, 0.1) is 24.6 Å². The minimum absolute atomic E-state index is 0.117. The molecule has 1 aliphatic rings. The molecule has 1 aromatic heterocycles. The number of aromatic nitrogens is 2. The number of hydrogen-bond acceptors (Lipinski definition) is 4. The molecule has 0 spiro atoms. The first-order valence-corrected chi connectivity index (χ1v) is 9.37. The van der Waals surface area contributed by atoms with E-state index in [9.17, 15) is 4.79 Å². The highest BCUT2D eigenvalue weighted by molar-refractivity contribution is 6.09. The minimum Gasteiger partial charge on any atom is -0.496 e. The van der Waals surface area contributed by atoms with Gasteiger partial charge in [-0.1, -0.05) is 18.2 Å². The van der Waals surface area contributed by atoms with Gasteiger partial charge in [0.15, 0.2) is 5.78 Å². The van der Waals surface area contributed by atoms with Crippen molar-refractivity contribution in [2.24, 2.45) is 0 Å². The van der Waals surface area contributed by atoms with Gasteiger partial charge in [-0.3, -0.25) is 4.79 Å². The van der Waals surface area contributed by atoms with Crippen LogP contribution in [0.1, 0.15) is 35.3 Å². The van der Waals surface area contributed by atoms with Gasteiger partial charge in [0.1, 0.15) is 17.1 Å². The van der Waals surface area contributed by atoms with Gasteiger partial charge in [-0.2, -0.15) is 0 Å². The van der Waals surface area contributed by atoms with Gasteiger partial charge in [-0.05, 0) is 61.9 Å². The third-order valence-electron chi connectivity index (χ3n) is 4.78. The molecule has 0 fully saturated rings. The Morgan fingerprint density at radius 1 is 1.17 bits per heavy atom. The van der Waals surface area contributed by atoms with Crippen LogP contribution in [-0.2, 0) is 0 Å². The molecule has 0 saturated heterocycles. The molecule has 29 heavy (non-hydrogen) atoms. The molecular weight excluding hydrogens is 364 g/mol. The minimum atomic E-state index is -0.485. The predicted molar refractivity (Wildman–Crippen MR) is 114 cm³/mol. The van der Waals surface area contributed by atoms with Crippen LogP contribution in [0, 0.1) is 0 Å². The molecule has 3 aromatic rings. The van der Waals surface area contributed by atoms with E-state index in [0.717, 1.165) is 16.8 Å². The summed E-state index contributed by atoms with van der Waals surface area (Å²) in [6, 6.07) is 11.4. The van der Waals surface area contributed by atoms with E-state index in [2.05, 4.69) is 4.98 Å². The number of fused-ring (bicyclic) bond motifs is 1. The first kappa shape index (κ1) is 18.7. The number of allylic oxidation sites excluding steroid dienone is 1. The quantitative estimate of drug-likeness (QED) is 0.459. The Hall–Kier alpha value is -3.60. The van der Waals surface area contributed by atoms with Crippen LogP contribution in [0.5, 0.6) is 11.5 Å². The van der Waals surface area contributed by atoms with Crippen molar-refractivity contribution >= 4 is 17.9 Å². The Kier molecular flexibility index (Phi) is 4.80. The number of imidazole rings is 1. The Labute approximate surface area is 169 Å². The fourth-order valence-electron chi connectivity index (χ4n) is 3.23. The van der Waals surface area contributed by atoms with Crippen LogP contribution in [0.3, 0.4) is 0 Å². The molecule has 2 aromatic carbocycles. The topological polar surface area (TPSA) is 53.4 Å². The largest absolute Gasteiger partial charge is 0.496 e. The predicted octanol–water partition coefficient (Wildman–Crippen LogP) is 4.96. The summed E-state index contributed by atoms with van der Waals surface area (Å²) in [6.45, 7) is 3.91. The highest BCUT2D eigenvalue weighted by Gasteiger charge is 2.27. The molecule has 1 aliphatic heterocycles. The van der Waals surface area contributed by atoms with Crippen LogP contribution >= 0.6 is 0 Å². The Morgan fingerprint density at radius 3 is 2.66 bits per heavy atom. The molecule has 0 saturated carbocycles. The second kappa shape index (κ2) is 7.43. The summed E-state index contributed by atoms with van der Waals surface area (Å²) in [7, 11) is 1.61. The van der Waals surface area contributed by atoms with E-state index in [1.54, 1.807) is 43.9 Å². The molecule has 0 atom stereocenters. The lowest BCUT2D eigenvalue weighted by Gasteiger charge is -2.29. The average molecular weight is 386 g/mol. The van der Waals surface area contributed by atoms with Crippen molar-refractivity contribution in [2.45, 2.75) is 19.4 Å². The third kappa shape index (κ3) is 3.85. The number of hydrogen-bond donors (Lipinski definition) is 0. The van der Waals surface area contributed by atoms with Crippen molar-refractivity contribution in [2.75, 3.05) is 7.11 Å². The number of ketones is 1. The first-order chi connectivity index (χ1) is 14.0. The number of methoxy groups -OCH3 is 1. The van der Waals surface area contributed by atoms with E-state index in [0.29, 0.717) is 17.1 Å². The van der Waals surface area contributed by atoms with E-state index in [-0.39, 0.29) is 5.78 Å². The summed E-state index contributed by atoms with van der Waals surface area (Å²) < 4.78 is 13.4. The second-order valence-corrected chi connectivity index (χ2v) is 7.36. The number of carbonyl (C=O) groups excluding carboxylic acids is 1. The van der Waals surface area contributed by atoms with Gasteiger partial charge in [0, 0.05) is 18.1 Å². The monoisotopic (exact) mass is 386 g/mol. The molecule has 0 aliphatic carbocycles. The number of ether oxygens (including phenoxy) is 2. The van der Waals surface area contributed by atoms with E-state index < -0.39 is 5.60 Å². The van der Waals surface area contributed by atoms with Crippen LogP contribution in [-0.4, -0.2) is 28.0 Å². The highest BCUT2D eigenvalue weighted by atomic mass is 16.5. The maximum atomic E-state index is 12.9. The summed E-state index contributed by atoms with van der Waals surface area (Å²) >= 11 is 0. The lowest BCUT2D eigenvalue weighted by Crippen LogP contribution is -2.28. The average Bonchev–Trinajstić information content (AvgIpc) is 3.25. The molecule has 2 heterocycles. The van der Waals surface area contributed by atoms with Gasteiger partial charge in [-0.15, -0.1) is 0 Å². The number of carbonyl (C=O) groups is 1. The normalized spacial score (nSPS) is 14.4. The molecule has 4 rings (SSSR count). The Morgan fingerprint density at radius 2 is 1.97 bits per heavy atom. The molecule has 0 amide bonds. The summed E-state index contributed by atoms with van der Waals surface area (Å²) in [4.78, 5) is 17.0. The van der Waals surface area contributed by atoms with E-state index in [1.165, 1.54) is 0 Å². The van der Waals surface area contributed by atoms with E-state index >= 15 is 0 Å². The van der Waals surface area contributed by atoms with Crippen molar-refractivity contribution in [1.29, 1.82) is 0 Å². The third-order valence-corrected chi connectivity index (χ3v) is 4.78. The fourth-order valence-corrected chi connectivity index (χ4v) is 3.23. The SMILES string of the molecule is COc1ccc(C(=O)/C=C/c2ccc(-n3ccnc3)cc2)c2c1C=CC(C)(C)O2. The molecule has 146 valence electrons. The molecule has 5 heteroatoms. The van der Waals surface area contributed by atoms with Crippen molar-refractivity contribution in [3.8, 4) is 17.2 Å². The molecule has 0 radical (unpaired) electrons. The summed E-state index contributed by atoms with van der Waals surface area (Å²) in [5.74, 6) is 1.12. The standard InChI is InChI=1S/C24H22N2O3/c1-24(2)13-12-20-22(28-3)11-9-19(23(20)29-24)21(27)10-6-17-4-7-18(8-5-17)26-15-14-25-16-26/h4-16H,1-3H3/b10-6+. The smallest absolute Gasteiger partial charge is 0.189 e. The highest BCUT2D eigenvalue weighted by Crippen LogP contribution is 2.39. The summed E-state index contributed by atoms with van der Waals surface area (Å²) in [5, 5.41) is 0. The second-order valence-electron chi connectivity index (χ2n) is 7.36. The van der Waals surface area contributed by atoms with Crippen molar-refractivity contribution in [3.05, 3.63) is 84.0 Å². The number of rotatable bonds is 5. The maximum absolute atomic E-state index is 12.9. The van der Waals surface area contributed by atoms with Crippen LogP contribution in [0.15, 0.2) is 67.3 Å². The summed E-state index contributed by atoms with van der Waals surface area (Å²) in [6.07, 6.45) is 12.7. The zero-order valence-electron chi connectivity index (χ0n) is 16.6. The Balaban J connectivity index is 1.60. The van der Waals surface area contributed by atoms with Crippen LogP contribution in [0.25, 0.3) is 17.8 Å². The molecule has 0 unspecified atom stereocenters. The van der Waals surface area contributed by atoms with E-state index in [4.69, 9.17) is 9.47 Å². The lowest BCUT2D eigenvalue weighted by atomic mass is 9.97. The lowest BCUT2D eigenvalue weighted by molar-refractivity contribution is 0.103. The number of benzene rings is 2. The van der Waals surface area contributed by atoms with Crippen LogP contribution in [0.4, 0.5) is 0 Å². The van der Waals surface area contributed by atoms with Gasteiger partial charge in [0.25, 0.3) is 0 Å². The zero-order chi connectivity index (χ0) is 20.4. The van der Waals surface area contributed by atoms with Gasteiger partial charge in [-0.25, -0.2) is 4.98 Å². The van der Waals surface area contributed by atoms with Gasteiger partial charge >= 0.3 is 0 Å². The van der Waals surface area contributed by atoms with Crippen molar-refractivity contribution < 1.29 is 14.3 Å². The molecule has 0 N–H and O–H groups in total. The zero-order valence-corrected chi connectivity index (χ0v) is 16.6. The van der Waals surface area contributed by atoms with Crippen LogP contribution < -0.4 is 9.47 Å². The molecule has 0 bridgehead atoms. The van der Waals surface area contributed by atoms with Gasteiger partial charge < -0.3 is 14.0 Å².